The number of methoxy groups -OCH3 is 2. The fraction of sp³-hybridized carbons (Fsp3) is 0.188. The molecule has 0 saturated heterocycles. The molecule has 0 atom stereocenters. The van der Waals surface area contributed by atoms with E-state index in [-0.39, 0.29) is 17.3 Å². The number of rotatable bonds is 2. The first-order valence-electron chi connectivity index (χ1n) is 6.50. The zero-order chi connectivity index (χ0) is 16.0. The van der Waals surface area contributed by atoms with E-state index in [1.807, 2.05) is 6.92 Å². The van der Waals surface area contributed by atoms with Crippen LogP contribution in [0.2, 0.25) is 0 Å². The van der Waals surface area contributed by atoms with Crippen LogP contribution in [0.1, 0.15) is 37.5 Å². The van der Waals surface area contributed by atoms with Crippen LogP contribution in [0.15, 0.2) is 18.3 Å². The van der Waals surface area contributed by atoms with Crippen LogP contribution in [0.5, 0.6) is 11.5 Å². The number of nitrogens with zero attached hydrogens (tertiary/aromatic N) is 1. The second kappa shape index (κ2) is 5.35. The number of hydrogen-bond donors (Lipinski definition) is 0. The number of benzene rings is 1. The van der Waals surface area contributed by atoms with Crippen molar-refractivity contribution in [3.05, 3.63) is 49.8 Å². The summed E-state index contributed by atoms with van der Waals surface area (Å²) < 4.78 is 11.3. The van der Waals surface area contributed by atoms with Crippen LogP contribution in [0.3, 0.4) is 0 Å². The van der Waals surface area contributed by atoms with Crippen molar-refractivity contribution in [1.82, 2.24) is 4.98 Å². The molecule has 1 aliphatic carbocycles. The van der Waals surface area contributed by atoms with Gasteiger partial charge in [-0.3, -0.25) is 14.6 Å². The third-order valence-corrected chi connectivity index (χ3v) is 4.82. The summed E-state index contributed by atoms with van der Waals surface area (Å²) in [6, 6.07) is 3.09. The van der Waals surface area contributed by atoms with Crippen molar-refractivity contribution in [3.63, 3.8) is 0 Å². The molecule has 0 unspecified atom stereocenters. The Labute approximate surface area is 140 Å². The lowest BCUT2D eigenvalue weighted by Crippen LogP contribution is -2.24. The van der Waals surface area contributed by atoms with E-state index in [2.05, 4.69) is 27.6 Å². The second-order valence-corrected chi connectivity index (χ2v) is 6.03. The highest BCUT2D eigenvalue weighted by Gasteiger charge is 2.34. The largest absolute Gasteiger partial charge is 0.493 e. The molecule has 22 heavy (non-hydrogen) atoms. The van der Waals surface area contributed by atoms with E-state index in [4.69, 9.17) is 9.47 Å². The molecule has 0 fully saturated rings. The number of carbonyl (C=O) groups is 2. The molecule has 0 saturated carbocycles. The minimum Gasteiger partial charge on any atom is -0.493 e. The van der Waals surface area contributed by atoms with Crippen molar-refractivity contribution in [3.8, 4) is 11.5 Å². The van der Waals surface area contributed by atoms with E-state index >= 15 is 0 Å². The van der Waals surface area contributed by atoms with Gasteiger partial charge in [0.2, 0.25) is 5.78 Å². The molecule has 0 N–H and O–H groups in total. The molecular weight excluding hydrogens is 397 g/mol. The van der Waals surface area contributed by atoms with Crippen LogP contribution in [0.4, 0.5) is 0 Å². The molecular formula is C16H12INO4. The Bertz CT molecular complexity index is 829. The SMILES string of the molecule is COc1cc2c(cc1OC)C(=O)c1c(ncc(I)c1C)C2=O. The van der Waals surface area contributed by atoms with E-state index in [1.54, 1.807) is 12.3 Å². The summed E-state index contributed by atoms with van der Waals surface area (Å²) in [5, 5.41) is 0. The Balaban J connectivity index is 2.31. The van der Waals surface area contributed by atoms with E-state index in [0.717, 1.165) is 9.13 Å². The number of ether oxygens (including phenoxy) is 2. The summed E-state index contributed by atoms with van der Waals surface area (Å²) in [6.45, 7) is 1.82. The van der Waals surface area contributed by atoms with E-state index < -0.39 is 0 Å². The minimum atomic E-state index is -0.273. The molecule has 5 nitrogen and oxygen atoms in total. The molecule has 1 heterocycles. The molecule has 112 valence electrons. The number of aromatic nitrogens is 1. The molecule has 1 aliphatic rings. The molecule has 2 aromatic rings. The van der Waals surface area contributed by atoms with Crippen LogP contribution < -0.4 is 9.47 Å². The fourth-order valence-corrected chi connectivity index (χ4v) is 2.96. The van der Waals surface area contributed by atoms with Gasteiger partial charge in [-0.25, -0.2) is 0 Å². The normalized spacial score (nSPS) is 12.7. The van der Waals surface area contributed by atoms with E-state index in [1.165, 1.54) is 20.3 Å². The van der Waals surface area contributed by atoms with Gasteiger partial charge in [-0.1, -0.05) is 0 Å². The van der Waals surface area contributed by atoms with Crippen molar-refractivity contribution in [2.24, 2.45) is 0 Å². The number of carbonyl (C=O) groups excluding carboxylic acids is 2. The Kier molecular flexibility index (Phi) is 3.64. The van der Waals surface area contributed by atoms with Gasteiger partial charge < -0.3 is 9.47 Å². The van der Waals surface area contributed by atoms with Crippen LogP contribution >= 0.6 is 22.6 Å². The fourth-order valence-electron chi connectivity index (χ4n) is 2.55. The van der Waals surface area contributed by atoms with Gasteiger partial charge in [0, 0.05) is 20.9 Å². The maximum absolute atomic E-state index is 12.8. The monoisotopic (exact) mass is 409 g/mol. The Hall–Kier alpha value is -1.96. The van der Waals surface area contributed by atoms with Gasteiger partial charge in [0.15, 0.2) is 17.3 Å². The molecule has 0 bridgehead atoms. The first-order chi connectivity index (χ1) is 10.5. The van der Waals surface area contributed by atoms with Gasteiger partial charge in [-0.15, -0.1) is 0 Å². The summed E-state index contributed by atoms with van der Waals surface area (Å²) in [5.41, 5.74) is 1.95. The zero-order valence-electron chi connectivity index (χ0n) is 12.2. The molecule has 3 rings (SSSR count). The molecule has 0 amide bonds. The standard InChI is InChI=1S/C16H12INO4/c1-7-10(17)6-18-14-13(7)15(19)8-4-11(21-2)12(22-3)5-9(8)16(14)20/h4-6H,1-3H3. The highest BCUT2D eigenvalue weighted by atomic mass is 127. The average molecular weight is 409 g/mol. The minimum absolute atomic E-state index is 0.197. The Morgan fingerprint density at radius 3 is 2.09 bits per heavy atom. The topological polar surface area (TPSA) is 65.5 Å². The number of ketones is 2. The van der Waals surface area contributed by atoms with Crippen LogP contribution in [0, 0.1) is 10.5 Å². The van der Waals surface area contributed by atoms with Crippen LogP contribution in [-0.4, -0.2) is 30.8 Å². The van der Waals surface area contributed by atoms with Gasteiger partial charge in [-0.2, -0.15) is 0 Å². The van der Waals surface area contributed by atoms with Gasteiger partial charge in [0.05, 0.1) is 19.8 Å². The summed E-state index contributed by atoms with van der Waals surface area (Å²) in [7, 11) is 2.97. The highest BCUT2D eigenvalue weighted by Crippen LogP contribution is 2.36. The molecule has 1 aromatic heterocycles. The summed E-state index contributed by atoms with van der Waals surface area (Å²) in [4.78, 5) is 29.6. The lowest BCUT2D eigenvalue weighted by Gasteiger charge is -2.20. The van der Waals surface area contributed by atoms with Crippen molar-refractivity contribution in [2.45, 2.75) is 6.92 Å². The molecule has 0 radical (unpaired) electrons. The number of halogens is 1. The summed E-state index contributed by atoms with van der Waals surface area (Å²) in [5.74, 6) is 0.342. The van der Waals surface area contributed by atoms with Crippen molar-refractivity contribution < 1.29 is 19.1 Å². The first kappa shape index (κ1) is 15.0. The molecule has 0 spiro atoms. The van der Waals surface area contributed by atoms with Gasteiger partial charge in [0.25, 0.3) is 0 Å². The van der Waals surface area contributed by atoms with Gasteiger partial charge in [-0.05, 0) is 47.2 Å². The zero-order valence-corrected chi connectivity index (χ0v) is 14.3. The van der Waals surface area contributed by atoms with Crippen molar-refractivity contribution in [1.29, 1.82) is 0 Å². The number of hydrogen-bond acceptors (Lipinski definition) is 5. The third kappa shape index (κ3) is 2.01. The van der Waals surface area contributed by atoms with Crippen molar-refractivity contribution in [2.75, 3.05) is 14.2 Å². The summed E-state index contributed by atoms with van der Waals surface area (Å²) in [6.07, 6.45) is 1.60. The summed E-state index contributed by atoms with van der Waals surface area (Å²) >= 11 is 2.10. The van der Waals surface area contributed by atoms with Crippen LogP contribution in [-0.2, 0) is 0 Å². The third-order valence-electron chi connectivity index (χ3n) is 3.73. The molecule has 0 aliphatic heterocycles. The predicted octanol–water partition coefficient (Wildman–Crippen LogP) is 2.79. The lowest BCUT2D eigenvalue weighted by molar-refractivity contribution is 0.0974. The first-order valence-corrected chi connectivity index (χ1v) is 7.58. The predicted molar refractivity (Wildman–Crippen MR) is 88.1 cm³/mol. The van der Waals surface area contributed by atoms with E-state index in [9.17, 15) is 9.59 Å². The van der Waals surface area contributed by atoms with Gasteiger partial charge >= 0.3 is 0 Å². The van der Waals surface area contributed by atoms with Gasteiger partial charge in [0.1, 0.15) is 5.69 Å². The Morgan fingerprint density at radius 2 is 1.55 bits per heavy atom. The smallest absolute Gasteiger partial charge is 0.212 e. The van der Waals surface area contributed by atoms with Crippen LogP contribution in [0.25, 0.3) is 0 Å². The second-order valence-electron chi connectivity index (χ2n) is 4.87. The van der Waals surface area contributed by atoms with E-state index in [0.29, 0.717) is 28.2 Å². The quantitative estimate of drug-likeness (QED) is 0.610. The lowest BCUT2D eigenvalue weighted by atomic mass is 9.85. The molecule has 6 heteroatoms. The number of fused-ring (bicyclic) bond motifs is 2. The molecule has 1 aromatic carbocycles. The highest BCUT2D eigenvalue weighted by molar-refractivity contribution is 14.1. The average Bonchev–Trinajstić information content (AvgIpc) is 2.53. The maximum atomic E-state index is 12.8. The van der Waals surface area contributed by atoms with Crippen molar-refractivity contribution >= 4 is 34.2 Å². The Morgan fingerprint density at radius 1 is 1.00 bits per heavy atom. The number of pyridine rings is 1. The maximum Gasteiger partial charge on any atom is 0.212 e.